The van der Waals surface area contributed by atoms with Crippen LogP contribution in [0.3, 0.4) is 0 Å². The summed E-state index contributed by atoms with van der Waals surface area (Å²) in [7, 11) is 1.59. The number of hydrogen-bond acceptors (Lipinski definition) is 6. The fourth-order valence-corrected chi connectivity index (χ4v) is 3.06. The maximum atomic E-state index is 12.7. The number of anilines is 1. The molecule has 0 fully saturated rings. The van der Waals surface area contributed by atoms with Gasteiger partial charge in [0.1, 0.15) is 37.1 Å². The lowest BCUT2D eigenvalue weighted by molar-refractivity contribution is 0.0970. The second kappa shape index (κ2) is 13.0. The minimum atomic E-state index is -0.369. The second-order valence-corrected chi connectivity index (χ2v) is 7.19. The van der Waals surface area contributed by atoms with E-state index in [-0.39, 0.29) is 11.0 Å². The van der Waals surface area contributed by atoms with Crippen molar-refractivity contribution in [2.75, 3.05) is 38.9 Å². The molecule has 0 unspecified atom stereocenters. The molecule has 0 saturated carbocycles. The standard InChI is InChI=1S/C25H26N2O5S/c1-29-14-15-32-23-13-6-5-12-22(23)24(28)27-25(33)26-19-8-7-11-21(18-19)31-17-16-30-20-9-3-2-4-10-20/h2-13,18H,14-17H2,1H3,(H2,26,27,28,33). The summed E-state index contributed by atoms with van der Waals surface area (Å²) in [5.74, 6) is 1.54. The first kappa shape index (κ1) is 24.0. The molecule has 7 nitrogen and oxygen atoms in total. The van der Waals surface area contributed by atoms with Crippen molar-refractivity contribution in [2.24, 2.45) is 0 Å². The van der Waals surface area contributed by atoms with E-state index in [0.29, 0.717) is 49.2 Å². The minimum absolute atomic E-state index is 0.163. The lowest BCUT2D eigenvalue weighted by Gasteiger charge is -2.14. The Morgan fingerprint density at radius 3 is 2.24 bits per heavy atom. The van der Waals surface area contributed by atoms with Crippen molar-refractivity contribution in [1.82, 2.24) is 5.32 Å². The number of thiocarbonyl (C=S) groups is 1. The molecule has 0 atom stereocenters. The Labute approximate surface area is 198 Å². The summed E-state index contributed by atoms with van der Waals surface area (Å²) in [5, 5.41) is 5.84. The minimum Gasteiger partial charge on any atom is -0.490 e. The van der Waals surface area contributed by atoms with Gasteiger partial charge in [0.15, 0.2) is 5.11 Å². The van der Waals surface area contributed by atoms with Crippen LogP contribution in [0.2, 0.25) is 0 Å². The number of carbonyl (C=O) groups is 1. The van der Waals surface area contributed by atoms with Crippen molar-refractivity contribution in [3.8, 4) is 17.2 Å². The monoisotopic (exact) mass is 466 g/mol. The van der Waals surface area contributed by atoms with Crippen LogP contribution in [0.1, 0.15) is 10.4 Å². The third kappa shape index (κ3) is 8.10. The first-order chi connectivity index (χ1) is 16.2. The third-order valence-corrected chi connectivity index (χ3v) is 4.56. The van der Waals surface area contributed by atoms with Crippen LogP contribution < -0.4 is 24.8 Å². The van der Waals surface area contributed by atoms with Gasteiger partial charge in [0.25, 0.3) is 5.91 Å². The van der Waals surface area contributed by atoms with Gasteiger partial charge in [0, 0.05) is 18.9 Å². The van der Waals surface area contributed by atoms with Gasteiger partial charge in [-0.2, -0.15) is 0 Å². The van der Waals surface area contributed by atoms with Crippen LogP contribution in [0.5, 0.6) is 17.2 Å². The predicted octanol–water partition coefficient (Wildman–Crippen LogP) is 4.30. The Morgan fingerprint density at radius 2 is 1.45 bits per heavy atom. The molecule has 0 spiro atoms. The fraction of sp³-hybridized carbons (Fsp3) is 0.200. The average Bonchev–Trinajstić information content (AvgIpc) is 2.83. The van der Waals surface area contributed by atoms with E-state index in [2.05, 4.69) is 10.6 Å². The van der Waals surface area contributed by atoms with Crippen molar-refractivity contribution < 1.29 is 23.7 Å². The smallest absolute Gasteiger partial charge is 0.261 e. The van der Waals surface area contributed by atoms with Gasteiger partial charge in [-0.25, -0.2) is 0 Å². The summed E-state index contributed by atoms with van der Waals surface area (Å²) in [6.45, 7) is 1.57. The maximum Gasteiger partial charge on any atom is 0.261 e. The van der Waals surface area contributed by atoms with Crippen molar-refractivity contribution in [1.29, 1.82) is 0 Å². The highest BCUT2D eigenvalue weighted by Gasteiger charge is 2.13. The van der Waals surface area contributed by atoms with Gasteiger partial charge in [-0.05, 0) is 48.6 Å². The average molecular weight is 467 g/mol. The quantitative estimate of drug-likeness (QED) is 0.322. The number of ether oxygens (including phenoxy) is 4. The summed E-state index contributed by atoms with van der Waals surface area (Å²) in [4.78, 5) is 12.7. The highest BCUT2D eigenvalue weighted by molar-refractivity contribution is 7.80. The van der Waals surface area contributed by atoms with Gasteiger partial charge in [-0.15, -0.1) is 0 Å². The molecule has 0 radical (unpaired) electrons. The number of hydrogen-bond donors (Lipinski definition) is 2. The molecule has 33 heavy (non-hydrogen) atoms. The summed E-state index contributed by atoms with van der Waals surface area (Å²) < 4.78 is 22.0. The van der Waals surface area contributed by atoms with E-state index in [0.717, 1.165) is 5.75 Å². The largest absolute Gasteiger partial charge is 0.490 e. The van der Waals surface area contributed by atoms with Crippen LogP contribution in [-0.4, -0.2) is 44.6 Å². The number of rotatable bonds is 11. The Balaban J connectivity index is 1.49. The van der Waals surface area contributed by atoms with Gasteiger partial charge >= 0.3 is 0 Å². The van der Waals surface area contributed by atoms with Crippen LogP contribution >= 0.6 is 12.2 Å². The normalized spacial score (nSPS) is 10.2. The number of benzene rings is 3. The topological polar surface area (TPSA) is 78.1 Å². The third-order valence-electron chi connectivity index (χ3n) is 4.36. The molecular formula is C25H26N2O5S. The van der Waals surface area contributed by atoms with E-state index in [9.17, 15) is 4.79 Å². The zero-order valence-corrected chi connectivity index (χ0v) is 19.1. The number of carbonyl (C=O) groups excluding carboxylic acids is 1. The molecule has 3 aromatic carbocycles. The lowest BCUT2D eigenvalue weighted by Crippen LogP contribution is -2.34. The molecule has 1 amide bonds. The molecule has 0 saturated heterocycles. The summed E-state index contributed by atoms with van der Waals surface area (Å²) in [5.41, 5.74) is 1.07. The molecule has 0 aliphatic rings. The van der Waals surface area contributed by atoms with Crippen LogP contribution in [0, 0.1) is 0 Å². The van der Waals surface area contributed by atoms with Gasteiger partial charge in [-0.1, -0.05) is 36.4 Å². The summed E-state index contributed by atoms with van der Waals surface area (Å²) in [6, 6.07) is 23.8. The SMILES string of the molecule is COCCOc1ccccc1C(=O)NC(=S)Nc1cccc(OCCOc2ccccc2)c1. The Bertz CT molecular complexity index is 1050. The Hall–Kier alpha value is -3.62. The van der Waals surface area contributed by atoms with Crippen LogP contribution in [0.4, 0.5) is 5.69 Å². The molecular weight excluding hydrogens is 440 g/mol. The maximum absolute atomic E-state index is 12.7. The first-order valence-corrected chi connectivity index (χ1v) is 10.8. The number of para-hydroxylation sites is 2. The van der Waals surface area contributed by atoms with Gasteiger partial charge in [0.05, 0.1) is 12.2 Å². The van der Waals surface area contributed by atoms with E-state index >= 15 is 0 Å². The zero-order chi connectivity index (χ0) is 23.3. The van der Waals surface area contributed by atoms with Crippen molar-refractivity contribution in [3.05, 3.63) is 84.4 Å². The molecule has 172 valence electrons. The van der Waals surface area contributed by atoms with E-state index in [1.165, 1.54) is 0 Å². The van der Waals surface area contributed by atoms with Gasteiger partial charge < -0.3 is 24.3 Å². The molecule has 2 N–H and O–H groups in total. The molecule has 3 rings (SSSR count). The first-order valence-electron chi connectivity index (χ1n) is 10.4. The second-order valence-electron chi connectivity index (χ2n) is 6.78. The van der Waals surface area contributed by atoms with E-state index in [4.69, 9.17) is 31.2 Å². The molecule has 0 bridgehead atoms. The number of nitrogens with one attached hydrogen (secondary N) is 2. The summed E-state index contributed by atoms with van der Waals surface area (Å²) in [6.07, 6.45) is 0. The molecule has 8 heteroatoms. The van der Waals surface area contributed by atoms with Crippen LogP contribution in [0.15, 0.2) is 78.9 Å². The molecule has 0 heterocycles. The predicted molar refractivity (Wildman–Crippen MR) is 131 cm³/mol. The number of methoxy groups -OCH3 is 1. The van der Waals surface area contributed by atoms with E-state index in [1.54, 1.807) is 37.4 Å². The lowest BCUT2D eigenvalue weighted by atomic mass is 10.2. The Kier molecular flexibility index (Phi) is 9.50. The number of amides is 1. The highest BCUT2D eigenvalue weighted by atomic mass is 32.1. The van der Waals surface area contributed by atoms with Crippen molar-refractivity contribution in [3.63, 3.8) is 0 Å². The molecule has 0 aliphatic carbocycles. The molecule has 0 aliphatic heterocycles. The Morgan fingerprint density at radius 1 is 0.788 bits per heavy atom. The molecule has 3 aromatic rings. The molecule has 0 aromatic heterocycles. The van der Waals surface area contributed by atoms with Crippen LogP contribution in [-0.2, 0) is 4.74 Å². The van der Waals surface area contributed by atoms with Crippen LogP contribution in [0.25, 0.3) is 0 Å². The highest BCUT2D eigenvalue weighted by Crippen LogP contribution is 2.19. The van der Waals surface area contributed by atoms with Crippen molar-refractivity contribution in [2.45, 2.75) is 0 Å². The zero-order valence-electron chi connectivity index (χ0n) is 18.3. The van der Waals surface area contributed by atoms with Gasteiger partial charge in [0.2, 0.25) is 0 Å². The van der Waals surface area contributed by atoms with E-state index < -0.39 is 0 Å². The van der Waals surface area contributed by atoms with Crippen molar-refractivity contribution >= 4 is 28.9 Å². The van der Waals surface area contributed by atoms with Gasteiger partial charge in [-0.3, -0.25) is 10.1 Å². The summed E-state index contributed by atoms with van der Waals surface area (Å²) >= 11 is 5.30. The van der Waals surface area contributed by atoms with E-state index in [1.807, 2.05) is 48.5 Å². The fourth-order valence-electron chi connectivity index (χ4n) is 2.85.